The Balaban J connectivity index is 2.46. The zero-order valence-electron chi connectivity index (χ0n) is 7.38. The van der Waals surface area contributed by atoms with Crippen LogP contribution >= 0.6 is 0 Å². The normalized spacial score (nSPS) is 16.8. The number of allylic oxidation sites excluding steroid dienone is 4. The standard InChI is InChI=1S/C10H15NO/c1-11-8-7-9-3-2-4-10(12)6-5-9/h3-6,11-12H,2,7-8H2,1H3. The van der Waals surface area contributed by atoms with Crippen LogP contribution in [0.4, 0.5) is 0 Å². The molecule has 12 heavy (non-hydrogen) atoms. The van der Waals surface area contributed by atoms with Crippen LogP contribution in [0.2, 0.25) is 0 Å². The molecule has 0 bridgehead atoms. The maximum Gasteiger partial charge on any atom is 0.111 e. The van der Waals surface area contributed by atoms with Gasteiger partial charge < -0.3 is 10.4 Å². The van der Waals surface area contributed by atoms with Gasteiger partial charge in [-0.25, -0.2) is 0 Å². The van der Waals surface area contributed by atoms with Crippen LogP contribution < -0.4 is 5.32 Å². The van der Waals surface area contributed by atoms with E-state index in [1.54, 1.807) is 6.08 Å². The molecule has 0 unspecified atom stereocenters. The van der Waals surface area contributed by atoms with Crippen LogP contribution in [0.5, 0.6) is 0 Å². The van der Waals surface area contributed by atoms with E-state index in [0.29, 0.717) is 5.76 Å². The first-order valence-electron chi connectivity index (χ1n) is 4.24. The van der Waals surface area contributed by atoms with Crippen LogP contribution in [0.3, 0.4) is 0 Å². The highest BCUT2D eigenvalue weighted by atomic mass is 16.3. The van der Waals surface area contributed by atoms with Crippen LogP contribution in [-0.2, 0) is 0 Å². The predicted octanol–water partition coefficient (Wildman–Crippen LogP) is 1.92. The van der Waals surface area contributed by atoms with Gasteiger partial charge in [-0.05, 0) is 38.6 Å². The summed E-state index contributed by atoms with van der Waals surface area (Å²) >= 11 is 0. The first kappa shape index (κ1) is 9.07. The summed E-state index contributed by atoms with van der Waals surface area (Å²) in [4.78, 5) is 0. The lowest BCUT2D eigenvalue weighted by atomic mass is 10.1. The summed E-state index contributed by atoms with van der Waals surface area (Å²) < 4.78 is 0. The van der Waals surface area contributed by atoms with Crippen molar-refractivity contribution in [1.82, 2.24) is 5.32 Å². The summed E-state index contributed by atoms with van der Waals surface area (Å²) in [7, 11) is 1.94. The Morgan fingerprint density at radius 3 is 3.00 bits per heavy atom. The molecule has 66 valence electrons. The Labute approximate surface area is 73.3 Å². The molecule has 0 radical (unpaired) electrons. The van der Waals surface area contributed by atoms with E-state index in [1.165, 1.54) is 5.57 Å². The molecule has 0 aliphatic heterocycles. The number of aliphatic hydroxyl groups excluding tert-OH is 1. The zero-order chi connectivity index (χ0) is 8.81. The first-order chi connectivity index (χ1) is 5.83. The molecule has 2 heteroatoms. The Morgan fingerprint density at radius 1 is 1.42 bits per heavy atom. The fourth-order valence-corrected chi connectivity index (χ4v) is 1.11. The van der Waals surface area contributed by atoms with Gasteiger partial charge in [0.25, 0.3) is 0 Å². The van der Waals surface area contributed by atoms with Crippen LogP contribution in [-0.4, -0.2) is 18.7 Å². The molecule has 0 amide bonds. The number of hydrogen-bond donors (Lipinski definition) is 2. The zero-order valence-corrected chi connectivity index (χ0v) is 7.38. The van der Waals surface area contributed by atoms with Crippen molar-refractivity contribution >= 4 is 0 Å². The van der Waals surface area contributed by atoms with Crippen LogP contribution in [0.15, 0.2) is 35.6 Å². The van der Waals surface area contributed by atoms with E-state index in [4.69, 9.17) is 5.11 Å². The maximum absolute atomic E-state index is 9.16. The second-order valence-corrected chi connectivity index (χ2v) is 2.83. The Hall–Kier alpha value is -1.02. The second-order valence-electron chi connectivity index (χ2n) is 2.83. The van der Waals surface area contributed by atoms with Crippen LogP contribution in [0.25, 0.3) is 0 Å². The van der Waals surface area contributed by atoms with Gasteiger partial charge in [-0.1, -0.05) is 17.7 Å². The van der Waals surface area contributed by atoms with E-state index in [-0.39, 0.29) is 0 Å². The van der Waals surface area contributed by atoms with Gasteiger partial charge in [0.2, 0.25) is 0 Å². The molecule has 1 rings (SSSR count). The fourth-order valence-electron chi connectivity index (χ4n) is 1.11. The fraction of sp³-hybridized carbons (Fsp3) is 0.400. The average Bonchev–Trinajstić information content (AvgIpc) is 2.27. The maximum atomic E-state index is 9.16. The lowest BCUT2D eigenvalue weighted by Crippen LogP contribution is -2.07. The van der Waals surface area contributed by atoms with Gasteiger partial charge in [-0.2, -0.15) is 0 Å². The minimum Gasteiger partial charge on any atom is -0.508 e. The van der Waals surface area contributed by atoms with Gasteiger partial charge in [0, 0.05) is 0 Å². The topological polar surface area (TPSA) is 32.3 Å². The smallest absolute Gasteiger partial charge is 0.111 e. The average molecular weight is 165 g/mol. The molecule has 0 aromatic carbocycles. The highest BCUT2D eigenvalue weighted by Crippen LogP contribution is 2.10. The molecule has 1 aliphatic carbocycles. The molecule has 0 fully saturated rings. The monoisotopic (exact) mass is 165 g/mol. The van der Waals surface area contributed by atoms with Gasteiger partial charge >= 0.3 is 0 Å². The number of nitrogens with one attached hydrogen (secondary N) is 1. The van der Waals surface area contributed by atoms with Gasteiger partial charge in [-0.15, -0.1) is 0 Å². The molecule has 0 spiro atoms. The minimum atomic E-state index is 0.366. The summed E-state index contributed by atoms with van der Waals surface area (Å²) in [5, 5.41) is 12.3. The van der Waals surface area contributed by atoms with Gasteiger partial charge in [0.15, 0.2) is 0 Å². The first-order valence-corrected chi connectivity index (χ1v) is 4.24. The third kappa shape index (κ3) is 2.93. The van der Waals surface area contributed by atoms with Crippen molar-refractivity contribution in [3.8, 4) is 0 Å². The molecular formula is C10H15NO. The van der Waals surface area contributed by atoms with Crippen molar-refractivity contribution in [2.24, 2.45) is 0 Å². The molecule has 1 aliphatic rings. The third-order valence-corrected chi connectivity index (χ3v) is 1.84. The van der Waals surface area contributed by atoms with Crippen molar-refractivity contribution in [2.75, 3.05) is 13.6 Å². The van der Waals surface area contributed by atoms with Crippen molar-refractivity contribution in [2.45, 2.75) is 12.8 Å². The van der Waals surface area contributed by atoms with Crippen molar-refractivity contribution in [3.05, 3.63) is 35.6 Å². The highest BCUT2D eigenvalue weighted by Gasteiger charge is 1.95. The van der Waals surface area contributed by atoms with E-state index in [9.17, 15) is 0 Å². The van der Waals surface area contributed by atoms with Crippen LogP contribution in [0, 0.1) is 0 Å². The molecule has 0 saturated carbocycles. The molecule has 0 aromatic heterocycles. The number of hydrogen-bond acceptors (Lipinski definition) is 2. The van der Waals surface area contributed by atoms with Gasteiger partial charge in [0.05, 0.1) is 0 Å². The Morgan fingerprint density at radius 2 is 2.25 bits per heavy atom. The predicted molar refractivity (Wildman–Crippen MR) is 51.1 cm³/mol. The molecule has 2 N–H and O–H groups in total. The van der Waals surface area contributed by atoms with E-state index < -0.39 is 0 Å². The van der Waals surface area contributed by atoms with E-state index in [1.807, 2.05) is 19.2 Å². The van der Waals surface area contributed by atoms with Crippen LogP contribution in [0.1, 0.15) is 12.8 Å². The summed E-state index contributed by atoms with van der Waals surface area (Å²) in [5.41, 5.74) is 1.28. The van der Waals surface area contributed by atoms with Crippen molar-refractivity contribution < 1.29 is 5.11 Å². The Kier molecular flexibility index (Phi) is 3.61. The van der Waals surface area contributed by atoms with Gasteiger partial charge in [0.1, 0.15) is 5.76 Å². The van der Waals surface area contributed by atoms with E-state index in [0.717, 1.165) is 19.4 Å². The van der Waals surface area contributed by atoms with E-state index >= 15 is 0 Å². The third-order valence-electron chi connectivity index (χ3n) is 1.84. The molecule has 0 atom stereocenters. The summed E-state index contributed by atoms with van der Waals surface area (Å²) in [6, 6.07) is 0. The molecule has 0 heterocycles. The lowest BCUT2D eigenvalue weighted by molar-refractivity contribution is 0.431. The number of rotatable bonds is 3. The molecule has 0 saturated heterocycles. The largest absolute Gasteiger partial charge is 0.508 e. The van der Waals surface area contributed by atoms with Crippen molar-refractivity contribution in [3.63, 3.8) is 0 Å². The molecule has 2 nitrogen and oxygen atoms in total. The molecular weight excluding hydrogens is 150 g/mol. The number of aliphatic hydroxyl groups is 1. The van der Waals surface area contributed by atoms with Crippen molar-refractivity contribution in [1.29, 1.82) is 0 Å². The summed E-state index contributed by atoms with van der Waals surface area (Å²) in [6.45, 7) is 0.983. The SMILES string of the molecule is CNCCC1=CCC=C(O)C=C1. The summed E-state index contributed by atoms with van der Waals surface area (Å²) in [6.07, 6.45) is 9.51. The molecule has 0 aromatic rings. The van der Waals surface area contributed by atoms with E-state index in [2.05, 4.69) is 11.4 Å². The minimum absolute atomic E-state index is 0.366. The Bertz CT molecular complexity index is 226. The van der Waals surface area contributed by atoms with Gasteiger partial charge in [-0.3, -0.25) is 0 Å². The summed E-state index contributed by atoms with van der Waals surface area (Å²) in [5.74, 6) is 0.366. The lowest BCUT2D eigenvalue weighted by Gasteiger charge is -1.99. The highest BCUT2D eigenvalue weighted by molar-refractivity contribution is 5.28. The second kappa shape index (κ2) is 4.78. The quantitative estimate of drug-likeness (QED) is 0.669.